The van der Waals surface area contributed by atoms with Crippen LogP contribution in [0.5, 0.6) is 5.75 Å². The Hall–Kier alpha value is -2.47. The second kappa shape index (κ2) is 5.96. The summed E-state index contributed by atoms with van der Waals surface area (Å²) in [6.45, 7) is 0. The molecule has 1 heterocycles. The van der Waals surface area contributed by atoms with Crippen molar-refractivity contribution in [2.75, 3.05) is 0 Å². The third-order valence-corrected chi connectivity index (χ3v) is 4.76. The lowest BCUT2D eigenvalue weighted by atomic mass is 10.1. The first-order chi connectivity index (χ1) is 11.0. The lowest BCUT2D eigenvalue weighted by Crippen LogP contribution is -2.13. The van der Waals surface area contributed by atoms with Gasteiger partial charge in [0.15, 0.2) is 0 Å². The number of aromatic hydroxyl groups is 1. The quantitative estimate of drug-likeness (QED) is 0.720. The monoisotopic (exact) mass is 330 g/mol. The Morgan fingerprint density at radius 1 is 1.26 bits per heavy atom. The maximum atomic E-state index is 13.0. The molecule has 118 valence electrons. The molecule has 6 heteroatoms. The van der Waals surface area contributed by atoms with E-state index < -0.39 is 5.91 Å². The summed E-state index contributed by atoms with van der Waals surface area (Å²) in [5, 5.41) is 10.3. The van der Waals surface area contributed by atoms with E-state index in [0.717, 1.165) is 16.1 Å². The van der Waals surface area contributed by atoms with Gasteiger partial charge in [0.1, 0.15) is 11.6 Å². The maximum Gasteiger partial charge on any atom is 0.251 e. The van der Waals surface area contributed by atoms with Crippen LogP contribution in [0.25, 0.3) is 10.9 Å². The molecule has 0 aliphatic rings. The van der Waals surface area contributed by atoms with E-state index in [4.69, 9.17) is 5.73 Å². The van der Waals surface area contributed by atoms with Gasteiger partial charge < -0.3 is 15.4 Å². The Morgan fingerprint density at radius 2 is 1.96 bits per heavy atom. The van der Waals surface area contributed by atoms with Crippen LogP contribution in [0.15, 0.2) is 47.4 Å². The van der Waals surface area contributed by atoms with Crippen molar-refractivity contribution >= 4 is 28.6 Å². The van der Waals surface area contributed by atoms with Gasteiger partial charge in [0, 0.05) is 34.3 Å². The highest BCUT2D eigenvalue weighted by atomic mass is 32.2. The number of nitrogens with zero attached hydrogens (tertiary/aromatic N) is 1. The van der Waals surface area contributed by atoms with Crippen LogP contribution in [-0.2, 0) is 12.8 Å². The van der Waals surface area contributed by atoms with E-state index in [1.807, 2.05) is 11.6 Å². The number of hydrogen-bond acceptors (Lipinski definition) is 3. The molecule has 3 rings (SSSR count). The smallest absolute Gasteiger partial charge is 0.251 e. The van der Waals surface area contributed by atoms with Crippen molar-refractivity contribution < 1.29 is 14.3 Å². The second-order valence-corrected chi connectivity index (χ2v) is 6.24. The number of halogens is 1. The van der Waals surface area contributed by atoms with Gasteiger partial charge in [-0.3, -0.25) is 4.79 Å². The standard InChI is InChI=1S/C17H15FN2O2S/c1-20-14-7-4-11(21)8-13(14)16(17(19)22)15(20)9-23-12-5-2-10(18)3-6-12/h2-8,21H,9H2,1H3,(H2,19,22). The molecule has 1 aromatic heterocycles. The van der Waals surface area contributed by atoms with Gasteiger partial charge in [-0.05, 0) is 42.5 Å². The van der Waals surface area contributed by atoms with Crippen LogP contribution in [0, 0.1) is 5.82 Å². The molecule has 0 saturated heterocycles. The fraction of sp³-hybridized carbons (Fsp3) is 0.118. The molecule has 0 aliphatic carbocycles. The predicted octanol–water partition coefficient (Wildman–Crippen LogP) is 3.41. The summed E-state index contributed by atoms with van der Waals surface area (Å²) in [5.41, 5.74) is 7.55. The molecular weight excluding hydrogens is 315 g/mol. The second-order valence-electron chi connectivity index (χ2n) is 5.19. The third-order valence-electron chi connectivity index (χ3n) is 3.74. The van der Waals surface area contributed by atoms with Crippen molar-refractivity contribution in [3.8, 4) is 5.75 Å². The number of phenolic OH excluding ortho intramolecular Hbond substituents is 1. The van der Waals surface area contributed by atoms with E-state index in [2.05, 4.69) is 0 Å². The number of aromatic nitrogens is 1. The summed E-state index contributed by atoms with van der Waals surface area (Å²) in [6.07, 6.45) is 0. The highest BCUT2D eigenvalue weighted by Gasteiger charge is 2.19. The molecule has 0 radical (unpaired) electrons. The van der Waals surface area contributed by atoms with Crippen molar-refractivity contribution in [3.63, 3.8) is 0 Å². The molecule has 0 spiro atoms. The molecule has 0 fully saturated rings. The van der Waals surface area contributed by atoms with Crippen LogP contribution in [0.2, 0.25) is 0 Å². The largest absolute Gasteiger partial charge is 0.508 e. The molecule has 3 N–H and O–H groups in total. The SMILES string of the molecule is Cn1c(CSc2ccc(F)cc2)c(C(N)=O)c2cc(O)ccc21. The summed E-state index contributed by atoms with van der Waals surface area (Å²) in [4.78, 5) is 12.8. The van der Waals surface area contributed by atoms with Gasteiger partial charge >= 0.3 is 0 Å². The lowest BCUT2D eigenvalue weighted by Gasteiger charge is -2.06. The highest BCUT2D eigenvalue weighted by molar-refractivity contribution is 7.98. The molecule has 23 heavy (non-hydrogen) atoms. The number of hydrogen-bond donors (Lipinski definition) is 2. The zero-order valence-corrected chi connectivity index (χ0v) is 13.2. The van der Waals surface area contributed by atoms with E-state index in [1.165, 1.54) is 23.9 Å². The number of carbonyl (C=O) groups excluding carboxylic acids is 1. The number of rotatable bonds is 4. The molecule has 0 unspecified atom stereocenters. The van der Waals surface area contributed by atoms with Crippen LogP contribution in [0.3, 0.4) is 0 Å². The van der Waals surface area contributed by atoms with Gasteiger partial charge in [-0.25, -0.2) is 4.39 Å². The Kier molecular flexibility index (Phi) is 4.00. The number of benzene rings is 2. The minimum Gasteiger partial charge on any atom is -0.508 e. The van der Waals surface area contributed by atoms with Crippen molar-refractivity contribution in [1.29, 1.82) is 0 Å². The number of carbonyl (C=O) groups is 1. The summed E-state index contributed by atoms with van der Waals surface area (Å²) < 4.78 is 14.9. The maximum absolute atomic E-state index is 13.0. The van der Waals surface area contributed by atoms with Gasteiger partial charge in [0.2, 0.25) is 0 Å². The fourth-order valence-corrected chi connectivity index (χ4v) is 3.58. The summed E-state index contributed by atoms with van der Waals surface area (Å²) in [7, 11) is 1.85. The molecule has 3 aromatic rings. The number of aryl methyl sites for hydroxylation is 1. The van der Waals surface area contributed by atoms with E-state index in [9.17, 15) is 14.3 Å². The molecule has 0 atom stereocenters. The Labute approximate surface area is 136 Å². The molecule has 0 aliphatic heterocycles. The number of thioether (sulfide) groups is 1. The van der Waals surface area contributed by atoms with E-state index in [1.54, 1.807) is 30.3 Å². The number of amides is 1. The van der Waals surface area contributed by atoms with E-state index >= 15 is 0 Å². The lowest BCUT2D eigenvalue weighted by molar-refractivity contribution is 0.100. The Bertz CT molecular complexity index is 888. The minimum absolute atomic E-state index is 0.0864. The first-order valence-electron chi connectivity index (χ1n) is 6.96. The normalized spacial score (nSPS) is 11.0. The fourth-order valence-electron chi connectivity index (χ4n) is 2.61. The topological polar surface area (TPSA) is 68.2 Å². The minimum atomic E-state index is -0.532. The number of primary amides is 1. The zero-order valence-electron chi connectivity index (χ0n) is 12.4. The molecular formula is C17H15FN2O2S. The van der Waals surface area contributed by atoms with Gasteiger partial charge in [-0.2, -0.15) is 0 Å². The predicted molar refractivity (Wildman–Crippen MR) is 89.1 cm³/mol. The first kappa shape index (κ1) is 15.4. The molecule has 0 bridgehead atoms. The van der Waals surface area contributed by atoms with Crippen LogP contribution >= 0.6 is 11.8 Å². The van der Waals surface area contributed by atoms with Crippen LogP contribution in [-0.4, -0.2) is 15.6 Å². The van der Waals surface area contributed by atoms with Crippen LogP contribution < -0.4 is 5.73 Å². The first-order valence-corrected chi connectivity index (χ1v) is 7.94. The average molecular weight is 330 g/mol. The van der Waals surface area contributed by atoms with E-state index in [0.29, 0.717) is 16.7 Å². The van der Waals surface area contributed by atoms with Gasteiger partial charge in [0.25, 0.3) is 5.91 Å². The third kappa shape index (κ3) is 2.90. The molecule has 2 aromatic carbocycles. The average Bonchev–Trinajstić information content (AvgIpc) is 2.78. The van der Waals surface area contributed by atoms with Crippen molar-refractivity contribution in [1.82, 2.24) is 4.57 Å². The number of nitrogens with two attached hydrogens (primary N) is 1. The zero-order chi connectivity index (χ0) is 16.6. The summed E-state index contributed by atoms with van der Waals surface area (Å²) in [6, 6.07) is 11.1. The molecule has 0 saturated carbocycles. The summed E-state index contributed by atoms with van der Waals surface area (Å²) >= 11 is 1.49. The van der Waals surface area contributed by atoms with Gasteiger partial charge in [0.05, 0.1) is 5.56 Å². The van der Waals surface area contributed by atoms with E-state index in [-0.39, 0.29) is 11.6 Å². The number of fused-ring (bicyclic) bond motifs is 1. The van der Waals surface area contributed by atoms with Crippen molar-refractivity contribution in [2.24, 2.45) is 12.8 Å². The van der Waals surface area contributed by atoms with Crippen molar-refractivity contribution in [3.05, 3.63) is 59.5 Å². The highest BCUT2D eigenvalue weighted by Crippen LogP contribution is 2.32. The Balaban J connectivity index is 2.02. The molecule has 4 nitrogen and oxygen atoms in total. The summed E-state index contributed by atoms with van der Waals surface area (Å²) in [5.74, 6) is -0.220. The Morgan fingerprint density at radius 3 is 2.61 bits per heavy atom. The molecule has 1 amide bonds. The number of phenols is 1. The van der Waals surface area contributed by atoms with Gasteiger partial charge in [-0.1, -0.05) is 0 Å². The van der Waals surface area contributed by atoms with Crippen LogP contribution in [0.1, 0.15) is 16.1 Å². The van der Waals surface area contributed by atoms with Crippen molar-refractivity contribution in [2.45, 2.75) is 10.6 Å². The van der Waals surface area contributed by atoms with Gasteiger partial charge in [-0.15, -0.1) is 11.8 Å². The van der Waals surface area contributed by atoms with Crippen LogP contribution in [0.4, 0.5) is 4.39 Å².